The van der Waals surface area contributed by atoms with Gasteiger partial charge in [-0.1, -0.05) is 29.3 Å². The standard InChI is InChI=1S/C20H16Cl2N4O4S/c21-14-2-1-3-15(18(14)22)23-20-24-19(27)17(31-20)11-12-10-13(26(28)29)4-5-16(12)25-6-8-30-9-7-25/h1-5,10-11H,6-9H2,(H,23,24,27)/b17-11-. The lowest BCUT2D eigenvalue weighted by Gasteiger charge is -2.30. The van der Waals surface area contributed by atoms with Crippen molar-refractivity contribution >= 4 is 69.2 Å². The van der Waals surface area contributed by atoms with Gasteiger partial charge in [-0.15, -0.1) is 0 Å². The van der Waals surface area contributed by atoms with Crippen LogP contribution in [0.25, 0.3) is 6.08 Å². The molecule has 4 rings (SSSR count). The van der Waals surface area contributed by atoms with E-state index in [1.54, 1.807) is 30.3 Å². The summed E-state index contributed by atoms with van der Waals surface area (Å²) < 4.78 is 5.39. The third-order valence-corrected chi connectivity index (χ3v) is 6.38. The van der Waals surface area contributed by atoms with E-state index in [9.17, 15) is 14.9 Å². The normalized spacial score (nSPS) is 19.2. The van der Waals surface area contributed by atoms with Crippen molar-refractivity contribution in [3.8, 4) is 0 Å². The molecule has 0 spiro atoms. The van der Waals surface area contributed by atoms with Crippen LogP contribution in [0.1, 0.15) is 5.56 Å². The molecule has 0 aromatic heterocycles. The number of nitrogens with one attached hydrogen (secondary N) is 1. The first-order valence-electron chi connectivity index (χ1n) is 9.27. The van der Waals surface area contributed by atoms with E-state index < -0.39 is 4.92 Å². The van der Waals surface area contributed by atoms with Crippen molar-refractivity contribution in [3.63, 3.8) is 0 Å². The molecule has 2 aliphatic heterocycles. The van der Waals surface area contributed by atoms with Gasteiger partial charge in [0.2, 0.25) is 0 Å². The summed E-state index contributed by atoms with van der Waals surface area (Å²) in [4.78, 5) is 30.2. The molecule has 8 nitrogen and oxygen atoms in total. The van der Waals surface area contributed by atoms with E-state index in [4.69, 9.17) is 27.9 Å². The fourth-order valence-electron chi connectivity index (χ4n) is 3.17. The molecule has 2 heterocycles. The van der Waals surface area contributed by atoms with Crippen LogP contribution in [0.4, 0.5) is 17.1 Å². The minimum atomic E-state index is -0.457. The molecule has 2 aliphatic rings. The average molecular weight is 479 g/mol. The van der Waals surface area contributed by atoms with Gasteiger partial charge in [0, 0.05) is 36.5 Å². The molecule has 160 valence electrons. The summed E-state index contributed by atoms with van der Waals surface area (Å²) in [5.74, 6) is -0.346. The quantitative estimate of drug-likeness (QED) is 0.390. The Morgan fingerprint density at radius 2 is 2.00 bits per heavy atom. The number of morpholine rings is 1. The van der Waals surface area contributed by atoms with E-state index in [1.807, 2.05) is 0 Å². The van der Waals surface area contributed by atoms with E-state index >= 15 is 0 Å². The SMILES string of the molecule is O=C1NC(=Nc2cccc(Cl)c2Cl)S/C1=C\c1cc([N+](=O)[O-])ccc1N1CCOCC1. The number of nitrogens with zero attached hydrogens (tertiary/aromatic N) is 3. The summed E-state index contributed by atoms with van der Waals surface area (Å²) in [7, 11) is 0. The molecule has 1 N–H and O–H groups in total. The van der Waals surface area contributed by atoms with Crippen LogP contribution in [0.5, 0.6) is 0 Å². The number of anilines is 1. The van der Waals surface area contributed by atoms with E-state index in [2.05, 4.69) is 15.2 Å². The number of carbonyl (C=O) groups excluding carboxylic acids is 1. The highest BCUT2D eigenvalue weighted by molar-refractivity contribution is 8.18. The van der Waals surface area contributed by atoms with Gasteiger partial charge in [0.15, 0.2) is 5.17 Å². The Morgan fingerprint density at radius 1 is 1.23 bits per heavy atom. The summed E-state index contributed by atoms with van der Waals surface area (Å²) in [5.41, 5.74) is 1.77. The number of rotatable bonds is 4. The van der Waals surface area contributed by atoms with Crippen LogP contribution in [0.15, 0.2) is 46.3 Å². The second kappa shape index (κ2) is 9.27. The molecule has 2 aromatic rings. The smallest absolute Gasteiger partial charge is 0.270 e. The number of aliphatic imine (C=N–C) groups is 1. The summed E-state index contributed by atoms with van der Waals surface area (Å²) in [6.45, 7) is 2.46. The van der Waals surface area contributed by atoms with Crippen molar-refractivity contribution in [2.45, 2.75) is 0 Å². The number of benzene rings is 2. The van der Waals surface area contributed by atoms with Crippen LogP contribution in [0.3, 0.4) is 0 Å². The number of halogens is 2. The number of thioether (sulfide) groups is 1. The molecular weight excluding hydrogens is 463 g/mol. The van der Waals surface area contributed by atoms with Crippen LogP contribution in [-0.4, -0.2) is 42.3 Å². The number of hydrogen-bond donors (Lipinski definition) is 1. The predicted octanol–water partition coefficient (Wildman–Crippen LogP) is 4.63. The lowest BCUT2D eigenvalue weighted by atomic mass is 10.1. The monoisotopic (exact) mass is 478 g/mol. The topological polar surface area (TPSA) is 97.1 Å². The largest absolute Gasteiger partial charge is 0.378 e. The van der Waals surface area contributed by atoms with Crippen molar-refractivity contribution < 1.29 is 14.5 Å². The molecule has 0 bridgehead atoms. The maximum atomic E-state index is 12.5. The van der Waals surface area contributed by atoms with Gasteiger partial charge in [-0.25, -0.2) is 4.99 Å². The van der Waals surface area contributed by atoms with Crippen LogP contribution in [0, 0.1) is 10.1 Å². The molecule has 31 heavy (non-hydrogen) atoms. The number of ether oxygens (including phenoxy) is 1. The molecule has 11 heteroatoms. The molecule has 0 atom stereocenters. The van der Waals surface area contributed by atoms with E-state index in [0.717, 1.165) is 17.4 Å². The summed E-state index contributed by atoms with van der Waals surface area (Å²) in [5, 5.41) is 15.0. The van der Waals surface area contributed by atoms with Gasteiger partial charge in [-0.2, -0.15) is 0 Å². The van der Waals surface area contributed by atoms with Crippen molar-refractivity contribution in [2.75, 3.05) is 31.2 Å². The van der Waals surface area contributed by atoms with Crippen LogP contribution >= 0.6 is 35.0 Å². The van der Waals surface area contributed by atoms with E-state index in [0.29, 0.717) is 52.6 Å². The zero-order valence-electron chi connectivity index (χ0n) is 16.0. The molecule has 2 saturated heterocycles. The first kappa shape index (κ1) is 21.6. The van der Waals surface area contributed by atoms with Crippen molar-refractivity contribution in [1.82, 2.24) is 5.32 Å². The van der Waals surface area contributed by atoms with Gasteiger partial charge in [0.05, 0.1) is 38.8 Å². The highest BCUT2D eigenvalue weighted by Crippen LogP contribution is 2.36. The van der Waals surface area contributed by atoms with Crippen LogP contribution < -0.4 is 10.2 Å². The summed E-state index contributed by atoms with van der Waals surface area (Å²) >= 11 is 13.3. The fourth-order valence-corrected chi connectivity index (χ4v) is 4.34. The summed E-state index contributed by atoms with van der Waals surface area (Å²) in [6.07, 6.45) is 1.64. The second-order valence-corrected chi connectivity index (χ2v) is 8.47. The van der Waals surface area contributed by atoms with Gasteiger partial charge in [-0.05, 0) is 36.0 Å². The first-order chi connectivity index (χ1) is 14.9. The predicted molar refractivity (Wildman–Crippen MR) is 123 cm³/mol. The number of nitro groups is 1. The van der Waals surface area contributed by atoms with Gasteiger partial charge in [0.25, 0.3) is 11.6 Å². The lowest BCUT2D eigenvalue weighted by molar-refractivity contribution is -0.384. The Balaban J connectivity index is 1.68. The second-order valence-electron chi connectivity index (χ2n) is 6.65. The Kier molecular flexibility index (Phi) is 6.47. The molecule has 0 aliphatic carbocycles. The van der Waals surface area contributed by atoms with Gasteiger partial charge >= 0.3 is 0 Å². The highest BCUT2D eigenvalue weighted by atomic mass is 35.5. The van der Waals surface area contributed by atoms with Gasteiger partial charge in [-0.3, -0.25) is 14.9 Å². The zero-order chi connectivity index (χ0) is 22.0. The first-order valence-corrected chi connectivity index (χ1v) is 10.8. The molecule has 2 fully saturated rings. The maximum Gasteiger partial charge on any atom is 0.270 e. The highest BCUT2D eigenvalue weighted by Gasteiger charge is 2.26. The van der Waals surface area contributed by atoms with Crippen molar-refractivity contribution in [1.29, 1.82) is 0 Å². The molecule has 0 saturated carbocycles. The van der Waals surface area contributed by atoms with Crippen LogP contribution in [0.2, 0.25) is 10.0 Å². The van der Waals surface area contributed by atoms with Crippen molar-refractivity contribution in [3.05, 3.63) is 67.0 Å². The molecule has 0 unspecified atom stereocenters. The van der Waals surface area contributed by atoms with Crippen molar-refractivity contribution in [2.24, 2.45) is 4.99 Å². The summed E-state index contributed by atoms with van der Waals surface area (Å²) in [6, 6.07) is 9.68. The van der Waals surface area contributed by atoms with E-state index in [-0.39, 0.29) is 16.6 Å². The molecular formula is C20H16Cl2N4O4S. The Hall–Kier alpha value is -2.59. The number of nitro benzene ring substituents is 1. The third-order valence-electron chi connectivity index (χ3n) is 4.66. The number of amidine groups is 1. The zero-order valence-corrected chi connectivity index (χ0v) is 18.3. The Bertz CT molecular complexity index is 1120. The number of carbonyl (C=O) groups is 1. The fraction of sp³-hybridized carbons (Fsp3) is 0.200. The van der Waals surface area contributed by atoms with Gasteiger partial charge in [0.1, 0.15) is 0 Å². The number of non-ortho nitro benzene ring substituents is 1. The lowest BCUT2D eigenvalue weighted by Crippen LogP contribution is -2.36. The molecule has 0 radical (unpaired) electrons. The van der Waals surface area contributed by atoms with Crippen LogP contribution in [-0.2, 0) is 9.53 Å². The molecule has 1 amide bonds. The van der Waals surface area contributed by atoms with Gasteiger partial charge < -0.3 is 15.0 Å². The minimum Gasteiger partial charge on any atom is -0.378 e. The number of amides is 1. The van der Waals surface area contributed by atoms with E-state index in [1.165, 1.54) is 12.1 Å². The number of hydrogen-bond acceptors (Lipinski definition) is 7. The Morgan fingerprint density at radius 3 is 2.74 bits per heavy atom. The molecule has 2 aromatic carbocycles. The Labute approximate surface area is 192 Å². The maximum absolute atomic E-state index is 12.5. The third kappa shape index (κ3) is 4.85. The average Bonchev–Trinajstić information content (AvgIpc) is 3.10. The minimum absolute atomic E-state index is 0.0492.